The van der Waals surface area contributed by atoms with Crippen LogP contribution in [0.2, 0.25) is 0 Å². The summed E-state index contributed by atoms with van der Waals surface area (Å²) in [5, 5.41) is 19.0. The van der Waals surface area contributed by atoms with Crippen LogP contribution in [0, 0.1) is 27.7 Å². The van der Waals surface area contributed by atoms with Crippen LogP contribution < -0.4 is 9.47 Å². The highest BCUT2D eigenvalue weighted by Gasteiger charge is 2.35. The highest BCUT2D eigenvalue weighted by molar-refractivity contribution is 6.07. The van der Waals surface area contributed by atoms with E-state index in [1.54, 1.807) is 52.0 Å². The quantitative estimate of drug-likeness (QED) is 0.0848. The van der Waals surface area contributed by atoms with E-state index < -0.39 is 35.0 Å². The van der Waals surface area contributed by atoms with Gasteiger partial charge in [0, 0.05) is 16.7 Å². The molecule has 0 atom stereocenters. The van der Waals surface area contributed by atoms with Crippen LogP contribution in [0.1, 0.15) is 76.9 Å². The highest BCUT2D eigenvalue weighted by Crippen LogP contribution is 2.38. The number of Topliss-reactive ketones (excluding diaryl/α,β-unsaturated/α-hetero) is 1. The molecule has 4 aromatic carbocycles. The van der Waals surface area contributed by atoms with Crippen LogP contribution in [0.25, 0.3) is 6.08 Å². The van der Waals surface area contributed by atoms with Gasteiger partial charge >= 0.3 is 12.4 Å². The van der Waals surface area contributed by atoms with Crippen molar-refractivity contribution in [1.82, 2.24) is 0 Å². The van der Waals surface area contributed by atoms with Gasteiger partial charge in [-0.3, -0.25) is 14.4 Å². The van der Waals surface area contributed by atoms with Gasteiger partial charge in [0.05, 0.1) is 25.3 Å². The molecule has 0 saturated carbocycles. The molecule has 0 radical (unpaired) electrons. The zero-order valence-electron chi connectivity index (χ0n) is 28.7. The fraction of sp³-hybridized carbons (Fsp3) is 0.237. The van der Waals surface area contributed by atoms with Crippen LogP contribution >= 0.6 is 0 Å². The molecule has 0 aliphatic rings. The Morgan fingerprint density at radius 3 is 1.35 bits per heavy atom. The molecule has 0 unspecified atom stereocenters. The van der Waals surface area contributed by atoms with Gasteiger partial charge in [-0.15, -0.1) is 0 Å². The van der Waals surface area contributed by atoms with Crippen molar-refractivity contribution in [2.45, 2.75) is 47.0 Å². The van der Waals surface area contributed by atoms with E-state index in [2.05, 4.69) is 4.74 Å². The Morgan fingerprint density at radius 1 is 0.627 bits per heavy atom. The molecule has 0 amide bonds. The number of carbonyl (C=O) groups excluding carboxylic acids is 3. The molecule has 2 N–H and O–H groups in total. The van der Waals surface area contributed by atoms with Crippen LogP contribution in [0.3, 0.4) is 0 Å². The molecule has 0 heterocycles. The van der Waals surface area contributed by atoms with E-state index in [1.165, 1.54) is 31.2 Å². The maximum absolute atomic E-state index is 13.0. The zero-order chi connectivity index (χ0) is 38.8. The minimum Gasteiger partial charge on any atom is -0.507 e. The molecular weight excluding hydrogens is 682 g/mol. The first kappa shape index (κ1) is 41.6. The SMILES string of the molecule is COc1ccc(C(=O)/C=C/c2cc(C)c(O)c(C)c2)cc1C(F)(F)F.COc1ccc(C(C)=O)cc1C(F)(F)F.Cc1cc(C=O)cc(C)c1O. The van der Waals surface area contributed by atoms with Gasteiger partial charge in [0.1, 0.15) is 29.3 Å². The van der Waals surface area contributed by atoms with Crippen LogP contribution in [-0.2, 0) is 12.4 Å². The lowest BCUT2D eigenvalue weighted by Crippen LogP contribution is -2.09. The predicted octanol–water partition coefficient (Wildman–Crippen LogP) is 9.67. The number of allylic oxidation sites excluding steroid dienone is 1. The summed E-state index contributed by atoms with van der Waals surface area (Å²) < 4.78 is 85.8. The number of methoxy groups -OCH3 is 2. The number of aldehydes is 1. The molecule has 0 aliphatic carbocycles. The van der Waals surface area contributed by atoms with Gasteiger partial charge in [0.25, 0.3) is 0 Å². The highest BCUT2D eigenvalue weighted by atomic mass is 19.4. The third-order valence-electron chi connectivity index (χ3n) is 7.29. The van der Waals surface area contributed by atoms with Gasteiger partial charge in [-0.1, -0.05) is 6.08 Å². The molecule has 272 valence electrons. The van der Waals surface area contributed by atoms with Gasteiger partial charge in [-0.05, 0) is 129 Å². The summed E-state index contributed by atoms with van der Waals surface area (Å²) in [6.45, 7) is 8.20. The van der Waals surface area contributed by atoms with Crippen LogP contribution in [-0.4, -0.2) is 42.3 Å². The molecule has 0 saturated heterocycles. The Morgan fingerprint density at radius 2 is 1.00 bits per heavy atom. The summed E-state index contributed by atoms with van der Waals surface area (Å²) in [6.07, 6.45) is -5.65. The van der Waals surface area contributed by atoms with E-state index in [-0.39, 0.29) is 34.1 Å². The van der Waals surface area contributed by atoms with Gasteiger partial charge in [-0.2, -0.15) is 26.3 Å². The van der Waals surface area contributed by atoms with E-state index in [0.29, 0.717) is 22.3 Å². The zero-order valence-corrected chi connectivity index (χ0v) is 28.7. The van der Waals surface area contributed by atoms with E-state index in [1.807, 2.05) is 0 Å². The number of rotatable bonds is 7. The van der Waals surface area contributed by atoms with Crippen LogP contribution in [0.15, 0.2) is 66.7 Å². The molecule has 0 spiro atoms. The second kappa shape index (κ2) is 17.4. The minimum atomic E-state index is -4.61. The van der Waals surface area contributed by atoms with Gasteiger partial charge < -0.3 is 19.7 Å². The Labute approximate surface area is 290 Å². The van der Waals surface area contributed by atoms with Crippen molar-refractivity contribution < 1.29 is 60.4 Å². The Kier molecular flexibility index (Phi) is 14.2. The van der Waals surface area contributed by atoms with Gasteiger partial charge in [0.2, 0.25) is 0 Å². The molecule has 4 aromatic rings. The molecule has 13 heteroatoms. The standard InChI is InChI=1S/C19H17F3O3.C10H9F3O2.C9H10O2/c1-11-8-13(9-12(2)18(11)24)4-6-16(23)14-5-7-17(25-3)15(10-14)19(20,21)22;1-6(14)7-3-4-9(15-2)8(5-7)10(11,12)13;1-6-3-8(5-10)4-7(2)9(6)11/h4-10,24H,1-3H3;3-5H,1-2H3;3-5,11H,1-2H3/b6-4+;;. The van der Waals surface area contributed by atoms with E-state index in [4.69, 9.17) is 4.74 Å². The van der Waals surface area contributed by atoms with Crippen molar-refractivity contribution in [3.8, 4) is 23.0 Å². The number of hydrogen-bond donors (Lipinski definition) is 2. The number of phenols is 2. The summed E-state index contributed by atoms with van der Waals surface area (Å²) in [5.74, 6) is -1.14. The first-order valence-corrected chi connectivity index (χ1v) is 14.9. The molecular formula is C38H36F6O7. The van der Waals surface area contributed by atoms with Crippen molar-refractivity contribution >= 4 is 23.9 Å². The maximum Gasteiger partial charge on any atom is 0.419 e. The van der Waals surface area contributed by atoms with Crippen LogP contribution in [0.4, 0.5) is 26.3 Å². The fourth-order valence-corrected chi connectivity index (χ4v) is 4.64. The number of phenolic OH excluding ortho intramolecular Hbond substituents is 2. The molecule has 4 rings (SSSR count). The van der Waals surface area contributed by atoms with E-state index >= 15 is 0 Å². The summed E-state index contributed by atoms with van der Waals surface area (Å²) in [4.78, 5) is 33.4. The number of benzene rings is 4. The summed E-state index contributed by atoms with van der Waals surface area (Å²) in [7, 11) is 2.29. The summed E-state index contributed by atoms with van der Waals surface area (Å²) in [5.41, 5.74) is 2.07. The molecule has 0 aliphatic heterocycles. The average Bonchev–Trinajstić information content (AvgIpc) is 3.07. The van der Waals surface area contributed by atoms with Gasteiger partial charge in [-0.25, -0.2) is 0 Å². The second-order valence-electron chi connectivity index (χ2n) is 11.2. The smallest absolute Gasteiger partial charge is 0.419 e. The maximum atomic E-state index is 13.0. The number of halogens is 6. The number of alkyl halides is 6. The van der Waals surface area contributed by atoms with E-state index in [9.17, 15) is 50.9 Å². The van der Waals surface area contributed by atoms with Crippen molar-refractivity contribution in [2.75, 3.05) is 14.2 Å². The molecule has 0 aromatic heterocycles. The summed E-state index contributed by atoms with van der Waals surface area (Å²) in [6, 6.07) is 13.1. The monoisotopic (exact) mass is 718 g/mol. The predicted molar refractivity (Wildman–Crippen MR) is 180 cm³/mol. The third-order valence-corrected chi connectivity index (χ3v) is 7.29. The van der Waals surface area contributed by atoms with Crippen molar-refractivity contribution in [3.05, 3.63) is 122 Å². The Balaban J connectivity index is 0.000000293. The lowest BCUT2D eigenvalue weighted by molar-refractivity contribution is -0.139. The number of aromatic hydroxyl groups is 2. The first-order chi connectivity index (χ1) is 23.6. The third kappa shape index (κ3) is 11.5. The molecule has 0 bridgehead atoms. The molecule has 51 heavy (non-hydrogen) atoms. The largest absolute Gasteiger partial charge is 0.507 e. The molecule has 0 fully saturated rings. The lowest BCUT2D eigenvalue weighted by Gasteiger charge is -2.12. The number of aryl methyl sites for hydroxylation is 4. The second-order valence-corrected chi connectivity index (χ2v) is 11.2. The van der Waals surface area contributed by atoms with Crippen molar-refractivity contribution in [1.29, 1.82) is 0 Å². The summed E-state index contributed by atoms with van der Waals surface area (Å²) >= 11 is 0. The number of ketones is 2. The fourth-order valence-electron chi connectivity index (χ4n) is 4.64. The van der Waals surface area contributed by atoms with Gasteiger partial charge in [0.15, 0.2) is 11.6 Å². The number of ether oxygens (including phenoxy) is 2. The normalized spacial score (nSPS) is 11.2. The number of hydrogen-bond acceptors (Lipinski definition) is 7. The van der Waals surface area contributed by atoms with Crippen molar-refractivity contribution in [2.24, 2.45) is 0 Å². The minimum absolute atomic E-state index is 0.0168. The Hall–Kier alpha value is -5.59. The van der Waals surface area contributed by atoms with E-state index in [0.717, 1.165) is 55.9 Å². The number of carbonyl (C=O) groups is 3. The topological polar surface area (TPSA) is 110 Å². The average molecular weight is 719 g/mol. The molecule has 7 nitrogen and oxygen atoms in total. The first-order valence-electron chi connectivity index (χ1n) is 14.9. The Bertz CT molecular complexity index is 1880. The van der Waals surface area contributed by atoms with Crippen molar-refractivity contribution in [3.63, 3.8) is 0 Å². The lowest BCUT2D eigenvalue weighted by atomic mass is 10.0. The van der Waals surface area contributed by atoms with Crippen LogP contribution in [0.5, 0.6) is 23.0 Å².